The molecule has 0 fully saturated rings. The summed E-state index contributed by atoms with van der Waals surface area (Å²) >= 11 is 0. The van der Waals surface area contributed by atoms with Crippen molar-refractivity contribution in [2.24, 2.45) is 0 Å². The first-order valence-electron chi connectivity index (χ1n) is 28.5. The molecule has 0 spiro atoms. The molecule has 0 N–H and O–H groups in total. The fourth-order valence-electron chi connectivity index (χ4n) is 13.9. The summed E-state index contributed by atoms with van der Waals surface area (Å²) in [6.07, 6.45) is 3.84. The van der Waals surface area contributed by atoms with Gasteiger partial charge in [0.2, 0.25) is 0 Å². The zero-order chi connectivity index (χ0) is 54.8. The second-order valence-corrected chi connectivity index (χ2v) is 24.1. The van der Waals surface area contributed by atoms with Gasteiger partial charge in [0.05, 0.1) is 11.4 Å². The molecule has 2 heteroatoms. The average Bonchev–Trinajstić information content (AvgIpc) is 3.07. The van der Waals surface area contributed by atoms with E-state index in [0.717, 1.165) is 44.8 Å². The first-order chi connectivity index (χ1) is 39.4. The summed E-state index contributed by atoms with van der Waals surface area (Å²) in [5, 5.41) is 0. The second-order valence-electron chi connectivity index (χ2n) is 24.1. The molecule has 2 heterocycles. The van der Waals surface area contributed by atoms with Gasteiger partial charge in [0.1, 0.15) is 0 Å². The Hall–Kier alpha value is -9.50. The molecule has 0 aliphatic heterocycles. The van der Waals surface area contributed by atoms with Crippen LogP contribution in [0.2, 0.25) is 0 Å². The van der Waals surface area contributed by atoms with Gasteiger partial charge in [-0.2, -0.15) is 0 Å². The topological polar surface area (TPSA) is 25.8 Å². The van der Waals surface area contributed by atoms with Gasteiger partial charge in [-0.1, -0.05) is 236 Å². The Morgan fingerprint density at radius 2 is 0.432 bits per heavy atom. The molecule has 0 bridgehead atoms. The van der Waals surface area contributed by atoms with Crippen LogP contribution in [-0.4, -0.2) is 9.97 Å². The summed E-state index contributed by atoms with van der Waals surface area (Å²) in [4.78, 5) is 10.0. The zero-order valence-corrected chi connectivity index (χ0v) is 46.6. The quantitative estimate of drug-likeness (QED) is 0.152. The molecule has 0 amide bonds. The lowest BCUT2D eigenvalue weighted by Crippen LogP contribution is -2.16. The number of nitrogens with zero attached hydrogens (tertiary/aromatic N) is 2. The Morgan fingerprint density at radius 1 is 0.198 bits per heavy atom. The summed E-state index contributed by atoms with van der Waals surface area (Å²) in [7, 11) is 0. The van der Waals surface area contributed by atoms with Crippen LogP contribution in [-0.2, 0) is 16.2 Å². The van der Waals surface area contributed by atoms with Gasteiger partial charge < -0.3 is 0 Å². The van der Waals surface area contributed by atoms with Crippen LogP contribution in [0.4, 0.5) is 0 Å². The summed E-state index contributed by atoms with van der Waals surface area (Å²) in [5.41, 5.74) is 34.2. The van der Waals surface area contributed by atoms with Gasteiger partial charge >= 0.3 is 0 Å². The Labute approximate surface area is 476 Å². The van der Waals surface area contributed by atoms with Crippen LogP contribution in [0, 0.1) is 0 Å². The summed E-state index contributed by atoms with van der Waals surface area (Å²) in [6.45, 7) is 14.4. The lowest BCUT2D eigenvalue weighted by Gasteiger charge is -2.24. The van der Waals surface area contributed by atoms with E-state index in [9.17, 15) is 0 Å². The number of hydrogen-bond donors (Lipinski definition) is 0. The highest BCUT2D eigenvalue weighted by atomic mass is 14.7. The van der Waals surface area contributed by atoms with Gasteiger partial charge in [-0.3, -0.25) is 9.97 Å². The maximum Gasteiger partial charge on any atom is 0.0780 e. The third-order valence-electron chi connectivity index (χ3n) is 18.5. The second kappa shape index (κ2) is 18.3. The monoisotopic (exact) mass is 1040 g/mol. The first-order valence-corrected chi connectivity index (χ1v) is 28.5. The number of pyridine rings is 2. The minimum absolute atomic E-state index is 0.190. The molecule has 2 aromatic heterocycles. The van der Waals surface area contributed by atoms with Gasteiger partial charge in [0.25, 0.3) is 0 Å². The minimum Gasteiger partial charge on any atom is -0.256 e. The first kappa shape index (κ1) is 48.6. The molecule has 3 aliphatic rings. The van der Waals surface area contributed by atoms with Crippen LogP contribution in [0.1, 0.15) is 74.9 Å². The highest BCUT2D eigenvalue weighted by Gasteiger charge is 2.40. The smallest absolute Gasteiger partial charge is 0.0780 e. The Bertz CT molecular complexity index is 4210. The standard InChI is InChI=1S/C79H60N2/c1-77(2)69-43-55(57-31-37-65-67-39-33-59(47-73(67)78(3,4)71(65)45-57)75-61(19-13-41-80-75)53-25-21-51(22-26-53)49-15-9-7-10-16-49)29-35-63(69)64-36-30-56(44-70(64)77)58-32-38-66-68-40-34-60(48-74(68)79(5,6)72(66)46-58)76-62(20-14-42-81-76)54-27-23-52(24-28-54)50-17-11-8-12-18-50/h7-48H,1-6H3. The predicted octanol–water partition coefficient (Wildman–Crippen LogP) is 20.7. The van der Waals surface area contributed by atoms with Crippen LogP contribution in [0.5, 0.6) is 0 Å². The molecule has 0 saturated heterocycles. The van der Waals surface area contributed by atoms with Crippen molar-refractivity contribution in [1.29, 1.82) is 0 Å². The molecule has 0 radical (unpaired) electrons. The lowest BCUT2D eigenvalue weighted by atomic mass is 9.79. The van der Waals surface area contributed by atoms with Gasteiger partial charge in [-0.05, 0) is 171 Å². The predicted molar refractivity (Wildman–Crippen MR) is 338 cm³/mol. The summed E-state index contributed by atoms with van der Waals surface area (Å²) < 4.78 is 0. The molecule has 0 saturated carbocycles. The molecular formula is C79H60N2. The molecule has 0 atom stereocenters. The van der Waals surface area contributed by atoms with Crippen molar-refractivity contribution >= 4 is 0 Å². The molecule has 0 unspecified atom stereocenters. The van der Waals surface area contributed by atoms with E-state index < -0.39 is 0 Å². The number of aromatic nitrogens is 2. The largest absolute Gasteiger partial charge is 0.256 e. The van der Waals surface area contributed by atoms with E-state index in [-0.39, 0.29) is 16.2 Å². The van der Waals surface area contributed by atoms with Crippen molar-refractivity contribution in [3.05, 3.63) is 288 Å². The Balaban J connectivity index is 0.694. The highest BCUT2D eigenvalue weighted by molar-refractivity contribution is 5.92. The summed E-state index contributed by atoms with van der Waals surface area (Å²) in [6, 6.07) is 90.0. The van der Waals surface area contributed by atoms with E-state index in [0.29, 0.717) is 0 Å². The minimum atomic E-state index is -0.203. The molecule has 81 heavy (non-hydrogen) atoms. The van der Waals surface area contributed by atoms with Gasteiger partial charge in [0, 0.05) is 50.9 Å². The van der Waals surface area contributed by atoms with Gasteiger partial charge in [-0.25, -0.2) is 0 Å². The lowest BCUT2D eigenvalue weighted by molar-refractivity contribution is 0.659. The van der Waals surface area contributed by atoms with Crippen LogP contribution in [0.25, 0.3) is 123 Å². The van der Waals surface area contributed by atoms with E-state index in [1.807, 2.05) is 24.5 Å². The number of rotatable bonds is 8. The van der Waals surface area contributed by atoms with Crippen molar-refractivity contribution in [3.63, 3.8) is 0 Å². The molecule has 10 aromatic carbocycles. The molecule has 2 nitrogen and oxygen atoms in total. The maximum atomic E-state index is 5.01. The number of fused-ring (bicyclic) bond motifs is 9. The normalized spacial score (nSPS) is 14.3. The molecule has 12 aromatic rings. The maximum absolute atomic E-state index is 5.01. The zero-order valence-electron chi connectivity index (χ0n) is 46.6. The summed E-state index contributed by atoms with van der Waals surface area (Å²) in [5.74, 6) is 0. The Morgan fingerprint density at radius 3 is 0.728 bits per heavy atom. The fraction of sp³-hybridized carbons (Fsp3) is 0.114. The van der Waals surface area contributed by atoms with Crippen LogP contribution >= 0.6 is 0 Å². The van der Waals surface area contributed by atoms with E-state index in [2.05, 4.69) is 272 Å². The average molecular weight is 1040 g/mol. The number of hydrogen-bond acceptors (Lipinski definition) is 2. The van der Waals surface area contributed by atoms with Crippen molar-refractivity contribution in [2.75, 3.05) is 0 Å². The van der Waals surface area contributed by atoms with Crippen molar-refractivity contribution in [1.82, 2.24) is 9.97 Å². The van der Waals surface area contributed by atoms with E-state index in [1.165, 1.54) is 111 Å². The SMILES string of the molecule is CC1(C)c2cc(-c3ccc4c(c3)C(C)(C)c3cc(-c5ncccc5-c5ccc(-c6ccccc6)cc5)ccc3-4)ccc2-c2ccc(-c3ccc4c(c3)C(C)(C)c3cc(-c5ncccc5-c5ccc(-c6ccccc6)cc5)ccc3-4)cc21. The van der Waals surface area contributed by atoms with Crippen LogP contribution < -0.4 is 0 Å². The van der Waals surface area contributed by atoms with Gasteiger partial charge in [0.15, 0.2) is 0 Å². The van der Waals surface area contributed by atoms with Crippen molar-refractivity contribution in [3.8, 4) is 123 Å². The van der Waals surface area contributed by atoms with E-state index in [1.54, 1.807) is 0 Å². The number of benzene rings is 10. The Kier molecular flexibility index (Phi) is 11.0. The van der Waals surface area contributed by atoms with Gasteiger partial charge in [-0.15, -0.1) is 0 Å². The molecule has 386 valence electrons. The third kappa shape index (κ3) is 7.76. The van der Waals surface area contributed by atoms with Crippen LogP contribution in [0.15, 0.2) is 255 Å². The molecule has 15 rings (SSSR count). The van der Waals surface area contributed by atoms with E-state index >= 15 is 0 Å². The van der Waals surface area contributed by atoms with E-state index in [4.69, 9.17) is 9.97 Å². The fourth-order valence-corrected chi connectivity index (χ4v) is 13.9. The molecule has 3 aliphatic carbocycles. The van der Waals surface area contributed by atoms with Crippen LogP contribution in [0.3, 0.4) is 0 Å². The highest BCUT2D eigenvalue weighted by Crippen LogP contribution is 2.55. The molecular weight excluding hydrogens is 977 g/mol. The van der Waals surface area contributed by atoms with Crippen molar-refractivity contribution < 1.29 is 0 Å². The third-order valence-corrected chi connectivity index (χ3v) is 18.5. The van der Waals surface area contributed by atoms with Crippen molar-refractivity contribution in [2.45, 2.75) is 57.8 Å².